The van der Waals surface area contributed by atoms with Gasteiger partial charge in [-0.25, -0.2) is 4.79 Å². The monoisotopic (exact) mass is 380 g/mol. The van der Waals surface area contributed by atoms with E-state index in [-0.39, 0.29) is 12.5 Å². The molecule has 3 amide bonds. The Morgan fingerprint density at radius 3 is 2.58 bits per heavy atom. The maximum Gasteiger partial charge on any atom is 0.321 e. The fourth-order valence-corrected chi connectivity index (χ4v) is 2.79. The fourth-order valence-electron chi connectivity index (χ4n) is 2.60. The molecule has 0 saturated carbocycles. The van der Waals surface area contributed by atoms with Gasteiger partial charge in [0.1, 0.15) is 12.4 Å². The number of rotatable bonds is 8. The van der Waals surface area contributed by atoms with E-state index in [0.717, 1.165) is 32.7 Å². The second kappa shape index (κ2) is 10.8. The van der Waals surface area contributed by atoms with Crippen LogP contribution in [0.2, 0.25) is 5.02 Å². The Kier molecular flexibility index (Phi) is 8.40. The maximum atomic E-state index is 11.8. The number of amides is 3. The van der Waals surface area contributed by atoms with Crippen molar-refractivity contribution in [2.24, 2.45) is 0 Å². The summed E-state index contributed by atoms with van der Waals surface area (Å²) in [5.41, 5.74) is 0. The average molecular weight is 381 g/mol. The number of piperazine rings is 1. The zero-order valence-electron chi connectivity index (χ0n) is 14.7. The number of nitrogens with zero attached hydrogens (tertiary/aromatic N) is 2. The highest BCUT2D eigenvalue weighted by Crippen LogP contribution is 2.22. The van der Waals surface area contributed by atoms with Gasteiger partial charge in [0.15, 0.2) is 0 Å². The summed E-state index contributed by atoms with van der Waals surface area (Å²) >= 11 is 6.06. The molecule has 8 heteroatoms. The van der Waals surface area contributed by atoms with Gasteiger partial charge in [-0.05, 0) is 12.1 Å². The third kappa shape index (κ3) is 7.03. The highest BCUT2D eigenvalue weighted by molar-refractivity contribution is 6.32. The molecule has 1 saturated heterocycles. The standard InChI is InChI=1S/C18H25ClN4O3/c1-2-7-20-18(25)21-17(24)14-23-10-8-22(9-11-23)12-13-26-16-6-4-3-5-15(16)19/h2-6H,1,7-14H2,(H2,20,21,24,25). The number of carbonyl (C=O) groups excluding carboxylic acids is 2. The molecule has 1 heterocycles. The third-order valence-electron chi connectivity index (χ3n) is 3.99. The van der Waals surface area contributed by atoms with E-state index < -0.39 is 6.03 Å². The third-order valence-corrected chi connectivity index (χ3v) is 4.31. The maximum absolute atomic E-state index is 11.8. The highest BCUT2D eigenvalue weighted by Gasteiger charge is 2.19. The van der Waals surface area contributed by atoms with Gasteiger partial charge in [-0.15, -0.1) is 6.58 Å². The van der Waals surface area contributed by atoms with E-state index in [2.05, 4.69) is 22.1 Å². The van der Waals surface area contributed by atoms with E-state index in [1.54, 1.807) is 12.1 Å². The van der Waals surface area contributed by atoms with Gasteiger partial charge in [0.25, 0.3) is 0 Å². The van der Waals surface area contributed by atoms with Crippen molar-refractivity contribution in [3.8, 4) is 5.75 Å². The molecule has 0 spiro atoms. The van der Waals surface area contributed by atoms with Crippen molar-refractivity contribution in [3.05, 3.63) is 41.9 Å². The molecule has 26 heavy (non-hydrogen) atoms. The predicted octanol–water partition coefficient (Wildman–Crippen LogP) is 1.35. The number of para-hydroxylation sites is 1. The number of hydrogen-bond acceptors (Lipinski definition) is 5. The van der Waals surface area contributed by atoms with Crippen molar-refractivity contribution in [2.75, 3.05) is 52.4 Å². The summed E-state index contributed by atoms with van der Waals surface area (Å²) in [7, 11) is 0. The Morgan fingerprint density at radius 1 is 1.19 bits per heavy atom. The molecule has 2 N–H and O–H groups in total. The molecule has 142 valence electrons. The first-order valence-electron chi connectivity index (χ1n) is 8.59. The molecule has 0 unspecified atom stereocenters. The molecule has 0 aliphatic carbocycles. The van der Waals surface area contributed by atoms with E-state index in [1.165, 1.54) is 0 Å². The van der Waals surface area contributed by atoms with Crippen molar-refractivity contribution in [1.82, 2.24) is 20.4 Å². The molecule has 0 radical (unpaired) electrons. The van der Waals surface area contributed by atoms with E-state index in [0.29, 0.717) is 23.9 Å². The van der Waals surface area contributed by atoms with E-state index in [4.69, 9.17) is 16.3 Å². The molecular weight excluding hydrogens is 356 g/mol. The molecule has 1 aliphatic rings. The normalized spacial score (nSPS) is 15.3. The van der Waals surface area contributed by atoms with Crippen molar-refractivity contribution in [3.63, 3.8) is 0 Å². The lowest BCUT2D eigenvalue weighted by molar-refractivity contribution is -0.121. The van der Waals surface area contributed by atoms with Crippen LogP contribution in [0, 0.1) is 0 Å². The number of hydrogen-bond donors (Lipinski definition) is 2. The number of nitrogens with one attached hydrogen (secondary N) is 2. The molecule has 1 fully saturated rings. The number of ether oxygens (including phenoxy) is 1. The Morgan fingerprint density at radius 2 is 1.88 bits per heavy atom. The molecular formula is C18H25ClN4O3. The summed E-state index contributed by atoms with van der Waals surface area (Å²) in [6.45, 7) is 8.65. The van der Waals surface area contributed by atoms with Gasteiger partial charge in [0.05, 0.1) is 11.6 Å². The second-order valence-corrected chi connectivity index (χ2v) is 6.35. The molecule has 2 rings (SSSR count). The predicted molar refractivity (Wildman–Crippen MR) is 102 cm³/mol. The number of carbonyl (C=O) groups is 2. The summed E-state index contributed by atoms with van der Waals surface area (Å²) in [6, 6.07) is 6.92. The molecule has 1 aromatic carbocycles. The van der Waals surface area contributed by atoms with Crippen molar-refractivity contribution in [2.45, 2.75) is 0 Å². The largest absolute Gasteiger partial charge is 0.491 e. The Labute approximate surface area is 158 Å². The average Bonchev–Trinajstić information content (AvgIpc) is 2.63. The zero-order chi connectivity index (χ0) is 18.8. The summed E-state index contributed by atoms with van der Waals surface area (Å²) in [5, 5.41) is 5.43. The van der Waals surface area contributed by atoms with Crippen LogP contribution in [0.1, 0.15) is 0 Å². The molecule has 7 nitrogen and oxygen atoms in total. The van der Waals surface area contributed by atoms with E-state index in [1.807, 2.05) is 23.1 Å². The van der Waals surface area contributed by atoms with Gasteiger partial charge in [-0.3, -0.25) is 19.9 Å². The van der Waals surface area contributed by atoms with Crippen molar-refractivity contribution in [1.29, 1.82) is 0 Å². The first-order valence-corrected chi connectivity index (χ1v) is 8.97. The Hall–Kier alpha value is -2.09. The van der Waals surface area contributed by atoms with Gasteiger partial charge in [-0.2, -0.15) is 0 Å². The highest BCUT2D eigenvalue weighted by atomic mass is 35.5. The van der Waals surface area contributed by atoms with Gasteiger partial charge in [0, 0.05) is 39.3 Å². The molecule has 1 aliphatic heterocycles. The van der Waals surface area contributed by atoms with Crippen LogP contribution in [0.5, 0.6) is 5.75 Å². The lowest BCUT2D eigenvalue weighted by Gasteiger charge is -2.34. The molecule has 0 atom stereocenters. The minimum atomic E-state index is -0.495. The van der Waals surface area contributed by atoms with Crippen LogP contribution in [0.25, 0.3) is 0 Å². The molecule has 0 aromatic heterocycles. The number of halogens is 1. The SMILES string of the molecule is C=CCNC(=O)NC(=O)CN1CCN(CCOc2ccccc2Cl)CC1. The summed E-state index contributed by atoms with van der Waals surface area (Å²) in [4.78, 5) is 27.6. The van der Waals surface area contributed by atoms with E-state index >= 15 is 0 Å². The van der Waals surface area contributed by atoms with Crippen LogP contribution in [0.4, 0.5) is 4.79 Å². The first-order chi connectivity index (χ1) is 12.6. The first kappa shape index (κ1) is 20.2. The summed E-state index contributed by atoms with van der Waals surface area (Å²) in [6.07, 6.45) is 1.55. The fraction of sp³-hybridized carbons (Fsp3) is 0.444. The molecule has 0 bridgehead atoms. The number of imide groups is 1. The van der Waals surface area contributed by atoms with Crippen molar-refractivity contribution < 1.29 is 14.3 Å². The van der Waals surface area contributed by atoms with Crippen LogP contribution in [0.3, 0.4) is 0 Å². The zero-order valence-corrected chi connectivity index (χ0v) is 15.5. The lowest BCUT2D eigenvalue weighted by Crippen LogP contribution is -2.51. The van der Waals surface area contributed by atoms with Gasteiger partial charge in [-0.1, -0.05) is 29.8 Å². The minimum absolute atomic E-state index is 0.214. The van der Waals surface area contributed by atoms with Gasteiger partial charge >= 0.3 is 6.03 Å². The summed E-state index contributed by atoms with van der Waals surface area (Å²) < 4.78 is 5.70. The number of urea groups is 1. The van der Waals surface area contributed by atoms with Gasteiger partial charge in [0.2, 0.25) is 5.91 Å². The van der Waals surface area contributed by atoms with Crippen LogP contribution in [-0.4, -0.2) is 74.2 Å². The topological polar surface area (TPSA) is 73.9 Å². The quantitative estimate of drug-likeness (QED) is 0.666. The van der Waals surface area contributed by atoms with Crippen LogP contribution in [-0.2, 0) is 4.79 Å². The lowest BCUT2D eigenvalue weighted by atomic mass is 10.3. The Bertz CT molecular complexity index is 618. The second-order valence-electron chi connectivity index (χ2n) is 5.94. The Balaban J connectivity index is 1.61. The van der Waals surface area contributed by atoms with Crippen LogP contribution in [0.15, 0.2) is 36.9 Å². The van der Waals surface area contributed by atoms with Crippen LogP contribution < -0.4 is 15.4 Å². The smallest absolute Gasteiger partial charge is 0.321 e. The van der Waals surface area contributed by atoms with Gasteiger partial charge < -0.3 is 10.1 Å². The molecule has 1 aromatic rings. The van der Waals surface area contributed by atoms with Crippen molar-refractivity contribution >= 4 is 23.5 Å². The van der Waals surface area contributed by atoms with Crippen LogP contribution >= 0.6 is 11.6 Å². The number of benzene rings is 1. The van der Waals surface area contributed by atoms with E-state index in [9.17, 15) is 9.59 Å². The summed E-state index contributed by atoms with van der Waals surface area (Å²) in [5.74, 6) is 0.390. The minimum Gasteiger partial charge on any atom is -0.491 e.